The molecule has 1 amide bonds. The Bertz CT molecular complexity index is 742. The average Bonchev–Trinajstić information content (AvgIpc) is 2.90. The van der Waals surface area contributed by atoms with E-state index in [2.05, 4.69) is 10.5 Å². The number of aromatic nitrogens is 1. The fourth-order valence-electron chi connectivity index (χ4n) is 2.80. The van der Waals surface area contributed by atoms with Crippen LogP contribution < -0.4 is 5.32 Å². The molecule has 0 aliphatic carbocycles. The second-order valence-electron chi connectivity index (χ2n) is 6.01. The molecule has 0 bridgehead atoms. The van der Waals surface area contributed by atoms with E-state index in [4.69, 9.17) is 4.52 Å². The molecule has 4 nitrogen and oxygen atoms in total. The van der Waals surface area contributed by atoms with Crippen molar-refractivity contribution >= 4 is 17.7 Å². The Morgan fingerprint density at radius 1 is 1.48 bits per heavy atom. The van der Waals surface area contributed by atoms with Gasteiger partial charge in [0.15, 0.2) is 5.76 Å². The van der Waals surface area contributed by atoms with Gasteiger partial charge in [0.25, 0.3) is 5.91 Å². The maximum atomic E-state index is 13.6. The number of nitrogens with zero attached hydrogens (tertiary/aromatic N) is 1. The number of carbonyl (C=O) groups is 1. The second-order valence-corrected chi connectivity index (χ2v) is 7.14. The third-order valence-corrected chi connectivity index (χ3v) is 5.08. The van der Waals surface area contributed by atoms with E-state index in [-0.39, 0.29) is 23.7 Å². The van der Waals surface area contributed by atoms with Gasteiger partial charge in [-0.05, 0) is 37.1 Å². The summed E-state index contributed by atoms with van der Waals surface area (Å²) in [6.07, 6.45) is 0.772. The number of benzene rings is 1. The van der Waals surface area contributed by atoms with Crippen LogP contribution in [0.5, 0.6) is 0 Å². The van der Waals surface area contributed by atoms with Crippen molar-refractivity contribution in [3.8, 4) is 0 Å². The van der Waals surface area contributed by atoms with Crippen molar-refractivity contribution in [2.24, 2.45) is 0 Å². The third kappa shape index (κ3) is 3.13. The standard InChI is InChI=1S/C17H19FN2O2S/c1-9(2)16-15(10(3)20-22-16)17(21)19-13-6-7-23-14-5-4-11(18)8-12(13)14/h4-5,8-9,13H,6-7H2,1-3H3,(H,19,21). The monoisotopic (exact) mass is 334 g/mol. The first kappa shape index (κ1) is 16.1. The van der Waals surface area contributed by atoms with Gasteiger partial charge in [0.05, 0.1) is 11.7 Å². The molecule has 6 heteroatoms. The van der Waals surface area contributed by atoms with Gasteiger partial charge in [0.1, 0.15) is 11.4 Å². The fourth-order valence-corrected chi connectivity index (χ4v) is 3.91. The van der Waals surface area contributed by atoms with Crippen LogP contribution in [0.25, 0.3) is 0 Å². The van der Waals surface area contributed by atoms with Crippen LogP contribution in [0.15, 0.2) is 27.6 Å². The van der Waals surface area contributed by atoms with Crippen LogP contribution in [0.2, 0.25) is 0 Å². The Labute approximate surface area is 138 Å². The molecule has 122 valence electrons. The maximum absolute atomic E-state index is 13.6. The highest BCUT2D eigenvalue weighted by molar-refractivity contribution is 7.99. The van der Waals surface area contributed by atoms with Crippen molar-refractivity contribution in [2.45, 2.75) is 44.0 Å². The number of halogens is 1. The highest BCUT2D eigenvalue weighted by atomic mass is 32.2. The molecule has 1 atom stereocenters. The molecule has 0 saturated heterocycles. The number of carbonyl (C=O) groups excluding carboxylic acids is 1. The molecule has 1 aliphatic rings. The van der Waals surface area contributed by atoms with Crippen molar-refractivity contribution in [3.05, 3.63) is 46.6 Å². The first-order valence-corrected chi connectivity index (χ1v) is 8.65. The van der Waals surface area contributed by atoms with Gasteiger partial charge >= 0.3 is 0 Å². The van der Waals surface area contributed by atoms with E-state index < -0.39 is 0 Å². The quantitative estimate of drug-likeness (QED) is 0.913. The molecule has 1 unspecified atom stereocenters. The van der Waals surface area contributed by atoms with Gasteiger partial charge in [-0.2, -0.15) is 0 Å². The molecule has 1 N–H and O–H groups in total. The number of rotatable bonds is 3. The van der Waals surface area contributed by atoms with Crippen molar-refractivity contribution in [3.63, 3.8) is 0 Å². The number of hydrogen-bond donors (Lipinski definition) is 1. The Morgan fingerprint density at radius 2 is 2.26 bits per heavy atom. The molecule has 3 rings (SSSR count). The average molecular weight is 334 g/mol. The molecule has 0 radical (unpaired) electrons. The summed E-state index contributed by atoms with van der Waals surface area (Å²) in [5.41, 5.74) is 1.92. The van der Waals surface area contributed by atoms with Crippen LogP contribution in [0.1, 0.15) is 59.6 Å². The molecule has 2 heterocycles. The van der Waals surface area contributed by atoms with Crippen LogP contribution in [0, 0.1) is 12.7 Å². The van der Waals surface area contributed by atoms with E-state index in [1.165, 1.54) is 12.1 Å². The fraction of sp³-hybridized carbons (Fsp3) is 0.412. The van der Waals surface area contributed by atoms with Gasteiger partial charge in [-0.1, -0.05) is 19.0 Å². The Kier molecular flexibility index (Phi) is 4.43. The largest absolute Gasteiger partial charge is 0.360 e. The molecule has 0 saturated carbocycles. The summed E-state index contributed by atoms with van der Waals surface area (Å²) < 4.78 is 18.8. The molecule has 0 fully saturated rings. The van der Waals surface area contributed by atoms with Gasteiger partial charge in [-0.25, -0.2) is 4.39 Å². The molecular weight excluding hydrogens is 315 g/mol. The van der Waals surface area contributed by atoms with Crippen molar-refractivity contribution in [2.75, 3.05) is 5.75 Å². The molecule has 0 spiro atoms. The normalized spacial score (nSPS) is 17.2. The number of fused-ring (bicyclic) bond motifs is 1. The zero-order valence-electron chi connectivity index (χ0n) is 13.4. The highest BCUT2D eigenvalue weighted by Crippen LogP contribution is 2.37. The van der Waals surface area contributed by atoms with Crippen molar-refractivity contribution in [1.82, 2.24) is 10.5 Å². The lowest BCUT2D eigenvalue weighted by Crippen LogP contribution is -2.31. The van der Waals surface area contributed by atoms with E-state index in [0.29, 0.717) is 17.0 Å². The van der Waals surface area contributed by atoms with Gasteiger partial charge in [-0.15, -0.1) is 11.8 Å². The van der Waals surface area contributed by atoms with Crippen molar-refractivity contribution < 1.29 is 13.7 Å². The van der Waals surface area contributed by atoms with Crippen LogP contribution in [-0.2, 0) is 0 Å². The summed E-state index contributed by atoms with van der Waals surface area (Å²) in [4.78, 5) is 13.7. The lowest BCUT2D eigenvalue weighted by Gasteiger charge is -2.26. The number of thioether (sulfide) groups is 1. The van der Waals surface area contributed by atoms with Gasteiger partial charge in [-0.3, -0.25) is 4.79 Å². The van der Waals surface area contributed by atoms with E-state index >= 15 is 0 Å². The SMILES string of the molecule is Cc1noc(C(C)C)c1C(=O)NC1CCSc2ccc(F)cc21. The summed E-state index contributed by atoms with van der Waals surface area (Å²) >= 11 is 1.69. The molecule has 1 aromatic carbocycles. The van der Waals surface area contributed by atoms with Crippen LogP contribution >= 0.6 is 11.8 Å². The van der Waals surface area contributed by atoms with Crippen molar-refractivity contribution in [1.29, 1.82) is 0 Å². The van der Waals surface area contributed by atoms with Gasteiger partial charge in [0.2, 0.25) is 0 Å². The first-order valence-electron chi connectivity index (χ1n) is 7.66. The highest BCUT2D eigenvalue weighted by Gasteiger charge is 2.27. The van der Waals surface area contributed by atoms with Crippen LogP contribution in [-0.4, -0.2) is 16.8 Å². The number of amides is 1. The number of aryl methyl sites for hydroxylation is 1. The third-order valence-electron chi connectivity index (χ3n) is 3.96. The van der Waals surface area contributed by atoms with E-state index in [0.717, 1.165) is 22.6 Å². The van der Waals surface area contributed by atoms with E-state index in [9.17, 15) is 9.18 Å². The molecular formula is C17H19FN2O2S. The zero-order valence-corrected chi connectivity index (χ0v) is 14.2. The van der Waals surface area contributed by atoms with Gasteiger partial charge < -0.3 is 9.84 Å². The van der Waals surface area contributed by atoms with Crippen LogP contribution in [0.4, 0.5) is 4.39 Å². The first-order chi connectivity index (χ1) is 11.0. The minimum absolute atomic E-state index is 0.0728. The minimum Gasteiger partial charge on any atom is -0.360 e. The zero-order chi connectivity index (χ0) is 16.6. The Morgan fingerprint density at radius 3 is 3.00 bits per heavy atom. The molecule has 1 aromatic heterocycles. The topological polar surface area (TPSA) is 55.1 Å². The number of nitrogens with one attached hydrogen (secondary N) is 1. The maximum Gasteiger partial charge on any atom is 0.257 e. The van der Waals surface area contributed by atoms with E-state index in [1.54, 1.807) is 24.8 Å². The summed E-state index contributed by atoms with van der Waals surface area (Å²) in [6, 6.07) is 4.55. The Balaban J connectivity index is 1.88. The minimum atomic E-state index is -0.283. The predicted molar refractivity (Wildman–Crippen MR) is 87.3 cm³/mol. The predicted octanol–water partition coefficient (Wildman–Crippen LogP) is 4.21. The summed E-state index contributed by atoms with van der Waals surface area (Å²) in [6.45, 7) is 5.67. The smallest absolute Gasteiger partial charge is 0.257 e. The molecule has 1 aliphatic heterocycles. The Hall–Kier alpha value is -1.82. The lowest BCUT2D eigenvalue weighted by molar-refractivity contribution is 0.0931. The van der Waals surface area contributed by atoms with Gasteiger partial charge in [0, 0.05) is 16.6 Å². The van der Waals surface area contributed by atoms with E-state index in [1.807, 2.05) is 13.8 Å². The van der Waals surface area contributed by atoms with Crippen LogP contribution in [0.3, 0.4) is 0 Å². The second kappa shape index (κ2) is 6.35. The molecule has 23 heavy (non-hydrogen) atoms. The summed E-state index contributed by atoms with van der Waals surface area (Å²) in [5, 5.41) is 6.93. The summed E-state index contributed by atoms with van der Waals surface area (Å²) in [7, 11) is 0. The summed E-state index contributed by atoms with van der Waals surface area (Å²) in [5.74, 6) is 1.06. The lowest BCUT2D eigenvalue weighted by atomic mass is 10.0. The number of hydrogen-bond acceptors (Lipinski definition) is 4. The molecule has 2 aromatic rings.